The summed E-state index contributed by atoms with van der Waals surface area (Å²) in [7, 11) is 0. The maximum atomic E-state index is 13.6. The Hall–Kier alpha value is -1.28. The highest BCUT2D eigenvalue weighted by molar-refractivity contribution is 9.10. The molecule has 0 aliphatic rings. The molecule has 4 N–H and O–H groups in total. The summed E-state index contributed by atoms with van der Waals surface area (Å²) in [5, 5.41) is 4.99. The van der Waals surface area contributed by atoms with Gasteiger partial charge in [-0.05, 0) is 36.6 Å². The molecule has 0 fully saturated rings. The largest absolute Gasteiger partial charge is 0.352 e. The van der Waals surface area contributed by atoms with Crippen LogP contribution in [0.5, 0.6) is 0 Å². The van der Waals surface area contributed by atoms with Crippen molar-refractivity contribution in [1.29, 1.82) is 0 Å². The van der Waals surface area contributed by atoms with Gasteiger partial charge in [-0.25, -0.2) is 9.18 Å². The Balaban J connectivity index is 2.63. The molecule has 116 valence electrons. The first kappa shape index (κ1) is 17.8. The molecule has 8 heteroatoms. The highest BCUT2D eigenvalue weighted by atomic mass is 79.9. The van der Waals surface area contributed by atoms with Gasteiger partial charge >= 0.3 is 6.03 Å². The highest BCUT2D eigenvalue weighted by Gasteiger charge is 2.19. The molecule has 0 saturated carbocycles. The van der Waals surface area contributed by atoms with Gasteiger partial charge in [-0.2, -0.15) is 11.8 Å². The Morgan fingerprint density at radius 1 is 1.48 bits per heavy atom. The van der Waals surface area contributed by atoms with E-state index in [2.05, 4.69) is 26.6 Å². The van der Waals surface area contributed by atoms with Gasteiger partial charge in [-0.15, -0.1) is 0 Å². The van der Waals surface area contributed by atoms with Crippen molar-refractivity contribution in [3.63, 3.8) is 0 Å². The number of carbonyl (C=O) groups excluding carboxylic acids is 2. The molecule has 0 saturated heterocycles. The van der Waals surface area contributed by atoms with E-state index in [9.17, 15) is 14.0 Å². The van der Waals surface area contributed by atoms with Crippen LogP contribution in [0.15, 0.2) is 22.7 Å². The van der Waals surface area contributed by atoms with Crippen LogP contribution >= 0.6 is 27.7 Å². The number of carbonyl (C=O) groups is 2. The van der Waals surface area contributed by atoms with E-state index in [4.69, 9.17) is 5.73 Å². The molecule has 0 heterocycles. The van der Waals surface area contributed by atoms with Gasteiger partial charge in [0.05, 0.1) is 0 Å². The van der Waals surface area contributed by atoms with Crippen LogP contribution in [0.2, 0.25) is 0 Å². The van der Waals surface area contributed by atoms with Gasteiger partial charge in [0.2, 0.25) is 5.91 Å². The predicted octanol–water partition coefficient (Wildman–Crippen LogP) is 1.99. The van der Waals surface area contributed by atoms with Crippen LogP contribution in [0.25, 0.3) is 0 Å². The van der Waals surface area contributed by atoms with Crippen molar-refractivity contribution in [3.8, 4) is 0 Å². The third-order valence-corrected chi connectivity index (χ3v) is 3.84. The predicted molar refractivity (Wildman–Crippen MR) is 85.5 cm³/mol. The third-order valence-electron chi connectivity index (χ3n) is 2.70. The first-order chi connectivity index (χ1) is 9.93. The van der Waals surface area contributed by atoms with Crippen molar-refractivity contribution in [1.82, 2.24) is 10.6 Å². The number of rotatable bonds is 7. The smallest absolute Gasteiger partial charge is 0.312 e. The Morgan fingerprint density at radius 2 is 2.19 bits per heavy atom. The number of halogens is 2. The average molecular weight is 378 g/mol. The maximum Gasteiger partial charge on any atom is 0.312 e. The lowest BCUT2D eigenvalue weighted by Crippen LogP contribution is -2.48. The van der Waals surface area contributed by atoms with Crippen LogP contribution in [0.3, 0.4) is 0 Å². The molecule has 3 amide bonds. The minimum absolute atomic E-state index is 0.0420. The van der Waals surface area contributed by atoms with Crippen molar-refractivity contribution in [2.75, 3.05) is 12.0 Å². The van der Waals surface area contributed by atoms with Crippen LogP contribution in [0.1, 0.15) is 12.0 Å². The average Bonchev–Trinajstić information content (AvgIpc) is 2.43. The van der Waals surface area contributed by atoms with E-state index in [1.54, 1.807) is 23.9 Å². The standard InChI is InChI=1S/C13H17BrFN3O2S/c1-21-5-4-11(18-13(16)20)12(19)17-7-8-6-9(14)2-3-10(8)15/h2-3,6,11H,4-5,7H2,1H3,(H,17,19)(H3,16,18,20). The zero-order valence-corrected chi connectivity index (χ0v) is 13.9. The van der Waals surface area contributed by atoms with E-state index in [-0.39, 0.29) is 12.5 Å². The van der Waals surface area contributed by atoms with Crippen LogP contribution < -0.4 is 16.4 Å². The first-order valence-corrected chi connectivity index (χ1v) is 8.39. The summed E-state index contributed by atoms with van der Waals surface area (Å²) in [6, 6.07) is 3.01. The molecule has 0 radical (unpaired) electrons. The summed E-state index contributed by atoms with van der Waals surface area (Å²) in [6.45, 7) is 0.0420. The van der Waals surface area contributed by atoms with Crippen molar-refractivity contribution in [2.24, 2.45) is 5.73 Å². The lowest BCUT2D eigenvalue weighted by Gasteiger charge is -2.17. The number of amides is 3. The Labute approximate surface area is 135 Å². The highest BCUT2D eigenvalue weighted by Crippen LogP contribution is 2.15. The molecule has 1 aromatic carbocycles. The maximum absolute atomic E-state index is 13.6. The zero-order valence-electron chi connectivity index (χ0n) is 11.5. The quantitative estimate of drug-likeness (QED) is 0.679. The van der Waals surface area contributed by atoms with Gasteiger partial charge in [-0.1, -0.05) is 15.9 Å². The molecule has 1 atom stereocenters. The van der Waals surface area contributed by atoms with Crippen LogP contribution in [-0.4, -0.2) is 30.0 Å². The Bertz CT molecular complexity index is 516. The molecule has 1 unspecified atom stereocenters. The SMILES string of the molecule is CSCCC(NC(N)=O)C(=O)NCc1cc(Br)ccc1F. The number of thioether (sulfide) groups is 1. The van der Waals surface area contributed by atoms with Crippen LogP contribution in [-0.2, 0) is 11.3 Å². The van der Waals surface area contributed by atoms with E-state index in [1.807, 2.05) is 6.26 Å². The van der Waals surface area contributed by atoms with Crippen LogP contribution in [0.4, 0.5) is 9.18 Å². The number of benzene rings is 1. The second-order valence-corrected chi connectivity index (χ2v) is 6.20. The summed E-state index contributed by atoms with van der Waals surface area (Å²) in [5.74, 6) is -0.0897. The molecule has 0 bridgehead atoms. The van der Waals surface area contributed by atoms with Crippen molar-refractivity contribution in [2.45, 2.75) is 19.0 Å². The number of hydrogen-bond donors (Lipinski definition) is 3. The third kappa shape index (κ3) is 6.34. The van der Waals surface area contributed by atoms with E-state index in [0.717, 1.165) is 4.47 Å². The fourth-order valence-electron chi connectivity index (χ4n) is 1.66. The van der Waals surface area contributed by atoms with E-state index in [1.165, 1.54) is 6.07 Å². The molecule has 21 heavy (non-hydrogen) atoms. The second-order valence-electron chi connectivity index (χ2n) is 4.30. The van der Waals surface area contributed by atoms with Crippen molar-refractivity contribution in [3.05, 3.63) is 34.1 Å². The summed E-state index contributed by atoms with van der Waals surface area (Å²) in [4.78, 5) is 22.9. The Kier molecular flexibility index (Phi) is 7.52. The monoisotopic (exact) mass is 377 g/mol. The molecule has 1 rings (SSSR count). The molecular formula is C13H17BrFN3O2S. The number of primary amides is 1. The minimum Gasteiger partial charge on any atom is -0.352 e. The summed E-state index contributed by atoms with van der Waals surface area (Å²) < 4.78 is 14.3. The Morgan fingerprint density at radius 3 is 2.81 bits per heavy atom. The van der Waals surface area contributed by atoms with Crippen LogP contribution in [0, 0.1) is 5.82 Å². The minimum atomic E-state index is -0.759. The fourth-order valence-corrected chi connectivity index (χ4v) is 2.54. The van der Waals surface area contributed by atoms with Gasteiger partial charge in [0.1, 0.15) is 11.9 Å². The molecule has 5 nitrogen and oxygen atoms in total. The number of nitrogens with two attached hydrogens (primary N) is 1. The molecule has 0 spiro atoms. The van der Waals surface area contributed by atoms with Crippen molar-refractivity contribution >= 4 is 39.6 Å². The summed E-state index contributed by atoms with van der Waals surface area (Å²) in [5.41, 5.74) is 5.41. The zero-order chi connectivity index (χ0) is 15.8. The van der Waals surface area contributed by atoms with E-state index >= 15 is 0 Å². The number of nitrogens with one attached hydrogen (secondary N) is 2. The topological polar surface area (TPSA) is 84.2 Å². The lowest BCUT2D eigenvalue weighted by molar-refractivity contribution is -0.123. The normalized spacial score (nSPS) is 11.8. The number of urea groups is 1. The summed E-state index contributed by atoms with van der Waals surface area (Å²) >= 11 is 4.80. The molecular weight excluding hydrogens is 361 g/mol. The molecule has 0 aromatic heterocycles. The van der Waals surface area contributed by atoms with Gasteiger partial charge < -0.3 is 16.4 Å². The molecule has 0 aliphatic heterocycles. The van der Waals surface area contributed by atoms with Gasteiger partial charge in [-0.3, -0.25) is 4.79 Å². The van der Waals surface area contributed by atoms with Gasteiger partial charge in [0.15, 0.2) is 0 Å². The second kappa shape index (κ2) is 8.89. The van der Waals surface area contributed by atoms with E-state index < -0.39 is 17.9 Å². The number of hydrogen-bond acceptors (Lipinski definition) is 3. The van der Waals surface area contributed by atoms with Gasteiger partial charge in [0, 0.05) is 16.6 Å². The molecule has 0 aliphatic carbocycles. The van der Waals surface area contributed by atoms with Crippen molar-refractivity contribution < 1.29 is 14.0 Å². The van der Waals surface area contributed by atoms with Gasteiger partial charge in [0.25, 0.3) is 0 Å². The fraction of sp³-hybridized carbons (Fsp3) is 0.385. The molecule has 1 aromatic rings. The summed E-state index contributed by atoms with van der Waals surface area (Å²) in [6.07, 6.45) is 2.35. The van der Waals surface area contributed by atoms with E-state index in [0.29, 0.717) is 17.7 Å². The first-order valence-electron chi connectivity index (χ1n) is 6.20. The lowest BCUT2D eigenvalue weighted by atomic mass is 10.2.